The summed E-state index contributed by atoms with van der Waals surface area (Å²) in [6.07, 6.45) is 2.25. The molecule has 3 aromatic rings. The molecule has 2 aromatic carbocycles. The molecule has 5 heteroatoms. The third kappa shape index (κ3) is 3.87. The number of halogens is 1. The molecule has 0 fully saturated rings. The quantitative estimate of drug-likeness (QED) is 0.758. The lowest BCUT2D eigenvalue weighted by Crippen LogP contribution is -2.12. The number of amides is 1. The summed E-state index contributed by atoms with van der Waals surface area (Å²) in [7, 11) is 0. The number of nitrogens with zero attached hydrogens (tertiary/aromatic N) is 1. The number of aromatic nitrogens is 1. The minimum atomic E-state index is -0.340. The van der Waals surface area contributed by atoms with Gasteiger partial charge in [-0.15, -0.1) is 0 Å². The first-order valence-corrected chi connectivity index (χ1v) is 7.68. The van der Waals surface area contributed by atoms with Crippen LogP contribution in [0.25, 0.3) is 11.3 Å². The summed E-state index contributed by atoms with van der Waals surface area (Å²) in [6.45, 7) is 1.67. The van der Waals surface area contributed by atoms with Crippen molar-refractivity contribution in [3.05, 3.63) is 72.0 Å². The van der Waals surface area contributed by atoms with Crippen molar-refractivity contribution in [2.24, 2.45) is 0 Å². The van der Waals surface area contributed by atoms with Crippen LogP contribution in [0.3, 0.4) is 0 Å². The number of hydrogen-bond donors (Lipinski definition) is 1. The highest BCUT2D eigenvalue weighted by atomic mass is 19.1. The molecule has 0 atom stereocenters. The Morgan fingerprint density at radius 3 is 2.75 bits per heavy atom. The van der Waals surface area contributed by atoms with Gasteiger partial charge in [0, 0.05) is 24.1 Å². The minimum absolute atomic E-state index is 0.210. The standard InChI is InChI=1S/C19H17FN2O2/c1-13-7-8-15(11-16(13)20)22-18(23)9-10-19-21-12-17(24-19)14-5-3-2-4-6-14/h2-8,11-12H,9-10H2,1H3,(H,22,23). The van der Waals surface area contributed by atoms with Crippen molar-refractivity contribution in [3.8, 4) is 11.3 Å². The number of nitrogens with one attached hydrogen (secondary N) is 1. The fourth-order valence-corrected chi connectivity index (χ4v) is 2.28. The Bertz CT molecular complexity index is 844. The highest BCUT2D eigenvalue weighted by Gasteiger charge is 2.09. The highest BCUT2D eigenvalue weighted by molar-refractivity contribution is 5.90. The normalized spacial score (nSPS) is 10.6. The van der Waals surface area contributed by atoms with Gasteiger partial charge in [0.2, 0.25) is 5.91 Å². The van der Waals surface area contributed by atoms with Crippen LogP contribution in [0.4, 0.5) is 10.1 Å². The third-order valence-electron chi connectivity index (χ3n) is 3.63. The van der Waals surface area contributed by atoms with Crippen molar-refractivity contribution >= 4 is 11.6 Å². The largest absolute Gasteiger partial charge is 0.441 e. The summed E-state index contributed by atoms with van der Waals surface area (Å²) in [5.74, 6) is 0.622. The van der Waals surface area contributed by atoms with Gasteiger partial charge < -0.3 is 9.73 Å². The molecule has 122 valence electrons. The van der Waals surface area contributed by atoms with E-state index < -0.39 is 0 Å². The van der Waals surface area contributed by atoms with Gasteiger partial charge >= 0.3 is 0 Å². The Balaban J connectivity index is 1.56. The lowest BCUT2D eigenvalue weighted by Gasteiger charge is -2.05. The summed E-state index contributed by atoms with van der Waals surface area (Å²) in [6, 6.07) is 14.3. The number of oxazole rings is 1. The van der Waals surface area contributed by atoms with Crippen LogP contribution in [0.5, 0.6) is 0 Å². The molecule has 1 heterocycles. The maximum absolute atomic E-state index is 13.5. The molecule has 4 nitrogen and oxygen atoms in total. The van der Waals surface area contributed by atoms with Gasteiger partial charge in [-0.3, -0.25) is 4.79 Å². The summed E-state index contributed by atoms with van der Waals surface area (Å²) < 4.78 is 19.1. The van der Waals surface area contributed by atoms with Gasteiger partial charge in [-0.05, 0) is 24.6 Å². The van der Waals surface area contributed by atoms with Crippen molar-refractivity contribution in [2.45, 2.75) is 19.8 Å². The van der Waals surface area contributed by atoms with E-state index in [0.29, 0.717) is 29.3 Å². The van der Waals surface area contributed by atoms with Gasteiger partial charge in [0.1, 0.15) is 5.82 Å². The molecule has 0 aliphatic carbocycles. The van der Waals surface area contributed by atoms with E-state index >= 15 is 0 Å². The second-order valence-corrected chi connectivity index (χ2v) is 5.50. The lowest BCUT2D eigenvalue weighted by atomic mass is 10.2. The van der Waals surface area contributed by atoms with Crippen LogP contribution in [-0.4, -0.2) is 10.9 Å². The molecule has 1 N–H and O–H groups in total. The first-order chi connectivity index (χ1) is 11.6. The fraction of sp³-hybridized carbons (Fsp3) is 0.158. The lowest BCUT2D eigenvalue weighted by molar-refractivity contribution is -0.116. The molecule has 0 bridgehead atoms. The average Bonchev–Trinajstić information content (AvgIpc) is 3.06. The topological polar surface area (TPSA) is 55.1 Å². The minimum Gasteiger partial charge on any atom is -0.441 e. The van der Waals surface area contributed by atoms with E-state index in [-0.39, 0.29) is 18.1 Å². The third-order valence-corrected chi connectivity index (χ3v) is 3.63. The van der Waals surface area contributed by atoms with E-state index in [9.17, 15) is 9.18 Å². The van der Waals surface area contributed by atoms with Crippen LogP contribution in [-0.2, 0) is 11.2 Å². The smallest absolute Gasteiger partial charge is 0.224 e. The zero-order valence-electron chi connectivity index (χ0n) is 13.3. The van der Waals surface area contributed by atoms with Crippen LogP contribution >= 0.6 is 0 Å². The van der Waals surface area contributed by atoms with E-state index in [4.69, 9.17) is 4.42 Å². The molecular weight excluding hydrogens is 307 g/mol. The van der Waals surface area contributed by atoms with Gasteiger partial charge in [-0.1, -0.05) is 36.4 Å². The average molecular weight is 324 g/mol. The van der Waals surface area contributed by atoms with Crippen LogP contribution in [0.1, 0.15) is 17.9 Å². The van der Waals surface area contributed by atoms with Crippen LogP contribution in [0.15, 0.2) is 59.1 Å². The monoisotopic (exact) mass is 324 g/mol. The number of rotatable bonds is 5. The second-order valence-electron chi connectivity index (χ2n) is 5.50. The number of aryl methyl sites for hydroxylation is 2. The molecule has 1 aromatic heterocycles. The molecular formula is C19H17FN2O2. The molecule has 0 aliphatic rings. The van der Waals surface area contributed by atoms with Gasteiger partial charge in [0.25, 0.3) is 0 Å². The first-order valence-electron chi connectivity index (χ1n) is 7.68. The summed E-state index contributed by atoms with van der Waals surface area (Å²) in [4.78, 5) is 16.1. The zero-order chi connectivity index (χ0) is 16.9. The molecule has 0 saturated heterocycles. The Morgan fingerprint density at radius 1 is 1.21 bits per heavy atom. The first kappa shape index (κ1) is 15.9. The van der Waals surface area contributed by atoms with Gasteiger partial charge in [0.05, 0.1) is 6.20 Å². The second kappa shape index (κ2) is 7.08. The predicted molar refractivity (Wildman–Crippen MR) is 90.0 cm³/mol. The molecule has 1 amide bonds. The van der Waals surface area contributed by atoms with Crippen LogP contribution < -0.4 is 5.32 Å². The van der Waals surface area contributed by atoms with E-state index in [0.717, 1.165) is 5.56 Å². The molecule has 0 spiro atoms. The molecule has 0 saturated carbocycles. The zero-order valence-corrected chi connectivity index (χ0v) is 13.3. The predicted octanol–water partition coefficient (Wildman–Crippen LogP) is 4.36. The van der Waals surface area contributed by atoms with Crippen LogP contribution in [0, 0.1) is 12.7 Å². The van der Waals surface area contributed by atoms with Crippen molar-refractivity contribution in [1.29, 1.82) is 0 Å². The highest BCUT2D eigenvalue weighted by Crippen LogP contribution is 2.20. The van der Waals surface area contributed by atoms with Gasteiger partial charge in [0.15, 0.2) is 11.7 Å². The summed E-state index contributed by atoms with van der Waals surface area (Å²) in [5, 5.41) is 2.67. The van der Waals surface area contributed by atoms with Crippen molar-refractivity contribution < 1.29 is 13.6 Å². The van der Waals surface area contributed by atoms with E-state index in [2.05, 4.69) is 10.3 Å². The SMILES string of the molecule is Cc1ccc(NC(=O)CCc2ncc(-c3ccccc3)o2)cc1F. The number of carbonyl (C=O) groups is 1. The van der Waals surface area contributed by atoms with Crippen molar-refractivity contribution in [1.82, 2.24) is 4.98 Å². The number of benzene rings is 2. The van der Waals surface area contributed by atoms with Gasteiger partial charge in [-0.2, -0.15) is 0 Å². The Hall–Kier alpha value is -2.95. The van der Waals surface area contributed by atoms with Crippen LogP contribution in [0.2, 0.25) is 0 Å². The summed E-state index contributed by atoms with van der Waals surface area (Å²) in [5.41, 5.74) is 1.93. The summed E-state index contributed by atoms with van der Waals surface area (Å²) >= 11 is 0. The Labute approximate surface area is 139 Å². The number of anilines is 1. The maximum atomic E-state index is 13.5. The van der Waals surface area contributed by atoms with E-state index in [1.54, 1.807) is 25.3 Å². The molecule has 24 heavy (non-hydrogen) atoms. The van der Waals surface area contributed by atoms with E-state index in [1.165, 1.54) is 6.07 Å². The molecule has 3 rings (SSSR count). The fourth-order valence-electron chi connectivity index (χ4n) is 2.28. The van der Waals surface area contributed by atoms with Crippen molar-refractivity contribution in [3.63, 3.8) is 0 Å². The van der Waals surface area contributed by atoms with Crippen molar-refractivity contribution in [2.75, 3.05) is 5.32 Å². The number of carbonyl (C=O) groups excluding carboxylic acids is 1. The van der Waals surface area contributed by atoms with E-state index in [1.807, 2.05) is 30.3 Å². The molecule has 0 aliphatic heterocycles. The Morgan fingerprint density at radius 2 is 2.00 bits per heavy atom. The molecule has 0 unspecified atom stereocenters. The van der Waals surface area contributed by atoms with Gasteiger partial charge in [-0.25, -0.2) is 9.37 Å². The molecule has 0 radical (unpaired) electrons. The Kier molecular flexibility index (Phi) is 4.70. The number of hydrogen-bond acceptors (Lipinski definition) is 3. The maximum Gasteiger partial charge on any atom is 0.224 e.